The Balaban J connectivity index is 2.32. The van der Waals surface area contributed by atoms with Gasteiger partial charge >= 0.3 is 0 Å². The van der Waals surface area contributed by atoms with Crippen molar-refractivity contribution in [3.05, 3.63) is 71.2 Å². The molecule has 80 valence electrons. The van der Waals surface area contributed by atoms with E-state index in [1.807, 2.05) is 0 Å². The zero-order valence-electron chi connectivity index (χ0n) is 10.1. The second kappa shape index (κ2) is 4.44. The summed E-state index contributed by atoms with van der Waals surface area (Å²) in [6, 6.07) is 8.69. The van der Waals surface area contributed by atoms with Crippen molar-refractivity contribution in [2.75, 3.05) is 0 Å². The maximum atomic E-state index is 2.19. The number of rotatable bonds is 1. The molecule has 0 bridgehead atoms. The molecule has 1 aliphatic rings. The summed E-state index contributed by atoms with van der Waals surface area (Å²) >= 11 is 0. The third kappa shape index (κ3) is 2.27. The van der Waals surface area contributed by atoms with Gasteiger partial charge in [0.2, 0.25) is 0 Å². The van der Waals surface area contributed by atoms with Gasteiger partial charge in [0.1, 0.15) is 0 Å². The summed E-state index contributed by atoms with van der Waals surface area (Å²) in [6.45, 7) is 6.41. The number of hydrogen-bond donors (Lipinski definition) is 0. The standard InChI is InChI=1S/C16H17/c1-12-4-8-15(9-5-12)14(3)16-10-6-13(2)7-11-16/h4-11H,1-3H3/q+1. The van der Waals surface area contributed by atoms with Gasteiger partial charge in [0, 0.05) is 41.4 Å². The highest BCUT2D eigenvalue weighted by Crippen LogP contribution is 2.24. The lowest BCUT2D eigenvalue weighted by Crippen LogP contribution is -1.91. The van der Waals surface area contributed by atoms with Gasteiger partial charge in [0.05, 0.1) is 5.57 Å². The van der Waals surface area contributed by atoms with E-state index < -0.39 is 0 Å². The van der Waals surface area contributed by atoms with Crippen LogP contribution in [0.5, 0.6) is 0 Å². The third-order valence-electron chi connectivity index (χ3n) is 2.97. The summed E-state index contributed by atoms with van der Waals surface area (Å²) in [7, 11) is 0. The van der Waals surface area contributed by atoms with Crippen molar-refractivity contribution >= 4 is 5.57 Å². The minimum atomic E-state index is 1.30. The molecule has 0 radical (unpaired) electrons. The third-order valence-corrected chi connectivity index (χ3v) is 2.97. The first-order chi connectivity index (χ1) is 7.66. The molecule has 0 saturated carbocycles. The zero-order chi connectivity index (χ0) is 11.5. The van der Waals surface area contributed by atoms with E-state index in [4.69, 9.17) is 0 Å². The Morgan fingerprint density at radius 2 is 1.69 bits per heavy atom. The average molecular weight is 209 g/mol. The molecule has 0 unspecified atom stereocenters. The normalized spacial score (nSPS) is 17.8. The van der Waals surface area contributed by atoms with Gasteiger partial charge in [-0.25, -0.2) is 0 Å². The SMILES string of the molecule is CC1=C[CH+]C(=C(C)c2ccc(C)cc2)C=C1. The molecule has 0 N–H and O–H groups in total. The molecule has 0 nitrogen and oxygen atoms in total. The quantitative estimate of drug-likeness (QED) is 0.598. The molecule has 0 fully saturated rings. The second-order valence-electron chi connectivity index (χ2n) is 4.36. The lowest BCUT2D eigenvalue weighted by Gasteiger charge is -2.04. The van der Waals surface area contributed by atoms with Crippen LogP contribution in [0.3, 0.4) is 0 Å². The first-order valence-electron chi connectivity index (χ1n) is 5.64. The van der Waals surface area contributed by atoms with E-state index in [9.17, 15) is 0 Å². The van der Waals surface area contributed by atoms with E-state index in [2.05, 4.69) is 69.7 Å². The molecule has 0 saturated heterocycles. The average Bonchev–Trinajstić information content (AvgIpc) is 2.30. The largest absolute Gasteiger partial charge is 0.0994 e. The Hall–Kier alpha value is -1.69. The molecule has 0 aromatic heterocycles. The Labute approximate surface area is 98.0 Å². The highest BCUT2D eigenvalue weighted by atomic mass is 14.1. The maximum absolute atomic E-state index is 2.19. The van der Waals surface area contributed by atoms with Crippen LogP contribution >= 0.6 is 0 Å². The predicted octanol–water partition coefficient (Wildman–Crippen LogP) is 4.49. The molecule has 16 heavy (non-hydrogen) atoms. The van der Waals surface area contributed by atoms with Crippen LogP contribution < -0.4 is 0 Å². The molecule has 1 aromatic rings. The summed E-state index contributed by atoms with van der Waals surface area (Å²) in [5, 5.41) is 0. The van der Waals surface area contributed by atoms with Crippen LogP contribution in [-0.2, 0) is 0 Å². The second-order valence-corrected chi connectivity index (χ2v) is 4.36. The van der Waals surface area contributed by atoms with Gasteiger partial charge in [0.15, 0.2) is 0 Å². The molecule has 0 atom stereocenters. The number of benzene rings is 1. The summed E-state index contributed by atoms with van der Waals surface area (Å²) < 4.78 is 0. The summed E-state index contributed by atoms with van der Waals surface area (Å²) in [5.74, 6) is 0. The van der Waals surface area contributed by atoms with Crippen LogP contribution in [0, 0.1) is 13.3 Å². The summed E-state index contributed by atoms with van der Waals surface area (Å²) in [6.07, 6.45) is 8.69. The minimum absolute atomic E-state index is 1.30. The molecule has 1 aliphatic carbocycles. The highest BCUT2D eigenvalue weighted by Gasteiger charge is 2.11. The van der Waals surface area contributed by atoms with Crippen LogP contribution in [0.15, 0.2) is 53.6 Å². The Bertz CT molecular complexity index is 467. The number of allylic oxidation sites excluding steroid dienone is 6. The first-order valence-corrected chi connectivity index (χ1v) is 5.64. The summed E-state index contributed by atoms with van der Waals surface area (Å²) in [5.41, 5.74) is 6.55. The van der Waals surface area contributed by atoms with Gasteiger partial charge in [-0.05, 0) is 32.9 Å². The van der Waals surface area contributed by atoms with E-state index in [1.54, 1.807) is 0 Å². The topological polar surface area (TPSA) is 0 Å². The van der Waals surface area contributed by atoms with Gasteiger partial charge in [-0.15, -0.1) is 0 Å². The van der Waals surface area contributed by atoms with E-state index >= 15 is 0 Å². The van der Waals surface area contributed by atoms with Gasteiger partial charge < -0.3 is 0 Å². The lowest BCUT2D eigenvalue weighted by atomic mass is 9.94. The Morgan fingerprint density at radius 3 is 2.25 bits per heavy atom. The van der Waals surface area contributed by atoms with Crippen molar-refractivity contribution in [3.8, 4) is 0 Å². The van der Waals surface area contributed by atoms with Gasteiger partial charge in [-0.2, -0.15) is 0 Å². The molecule has 0 heteroatoms. The smallest absolute Gasteiger partial charge is 0.0578 e. The van der Waals surface area contributed by atoms with Crippen molar-refractivity contribution in [1.29, 1.82) is 0 Å². The fraction of sp³-hybridized carbons (Fsp3) is 0.188. The van der Waals surface area contributed by atoms with E-state index in [0.717, 1.165) is 0 Å². The summed E-state index contributed by atoms with van der Waals surface area (Å²) in [4.78, 5) is 0. The fourth-order valence-electron chi connectivity index (χ4n) is 1.77. The van der Waals surface area contributed by atoms with Crippen molar-refractivity contribution in [1.82, 2.24) is 0 Å². The lowest BCUT2D eigenvalue weighted by molar-refractivity contribution is 1.38. The van der Waals surface area contributed by atoms with Gasteiger partial charge in [0.25, 0.3) is 0 Å². The van der Waals surface area contributed by atoms with Crippen molar-refractivity contribution in [3.63, 3.8) is 0 Å². The van der Waals surface area contributed by atoms with Crippen LogP contribution in [0.1, 0.15) is 25.0 Å². The van der Waals surface area contributed by atoms with Crippen LogP contribution in [-0.4, -0.2) is 0 Å². The molecule has 0 spiro atoms. The van der Waals surface area contributed by atoms with Crippen LogP contribution in [0.25, 0.3) is 5.57 Å². The Morgan fingerprint density at radius 1 is 1.00 bits per heavy atom. The Kier molecular flexibility index (Phi) is 3.00. The molecule has 1 aromatic carbocycles. The van der Waals surface area contributed by atoms with Crippen LogP contribution in [0.2, 0.25) is 0 Å². The van der Waals surface area contributed by atoms with Crippen molar-refractivity contribution in [2.45, 2.75) is 20.8 Å². The van der Waals surface area contributed by atoms with E-state index in [1.165, 1.54) is 27.8 Å². The number of hydrogen-bond acceptors (Lipinski definition) is 0. The molecule has 0 heterocycles. The van der Waals surface area contributed by atoms with Crippen molar-refractivity contribution in [2.24, 2.45) is 0 Å². The molecular formula is C16H17+. The maximum Gasteiger partial charge on any atom is 0.0994 e. The molecule has 2 rings (SSSR count). The van der Waals surface area contributed by atoms with Crippen LogP contribution in [0.4, 0.5) is 0 Å². The molecule has 0 amide bonds. The highest BCUT2D eigenvalue weighted by molar-refractivity contribution is 5.72. The van der Waals surface area contributed by atoms with Crippen molar-refractivity contribution < 1.29 is 0 Å². The molecular weight excluding hydrogens is 192 g/mol. The van der Waals surface area contributed by atoms with E-state index in [0.29, 0.717) is 0 Å². The zero-order valence-corrected chi connectivity index (χ0v) is 10.1. The monoisotopic (exact) mass is 209 g/mol. The minimum Gasteiger partial charge on any atom is -0.0578 e. The molecule has 0 aliphatic heterocycles. The predicted molar refractivity (Wildman–Crippen MR) is 71.0 cm³/mol. The number of aryl methyl sites for hydroxylation is 1. The fourth-order valence-corrected chi connectivity index (χ4v) is 1.77. The van der Waals surface area contributed by atoms with Gasteiger partial charge in [-0.3, -0.25) is 0 Å². The first kappa shape index (κ1) is 10.8. The van der Waals surface area contributed by atoms with Gasteiger partial charge in [-0.1, -0.05) is 17.7 Å². The van der Waals surface area contributed by atoms with E-state index in [-0.39, 0.29) is 0 Å².